The molecule has 0 bridgehead atoms. The Morgan fingerprint density at radius 3 is 2.60 bits per heavy atom. The Hall–Kier alpha value is -1.97. The van der Waals surface area contributed by atoms with E-state index in [9.17, 15) is 18.0 Å². The van der Waals surface area contributed by atoms with Crippen molar-refractivity contribution in [2.75, 3.05) is 6.79 Å². The molecule has 0 radical (unpaired) electrons. The first kappa shape index (κ1) is 17.8. The van der Waals surface area contributed by atoms with Gasteiger partial charge in [-0.25, -0.2) is 4.79 Å². The normalized spacial score (nSPS) is 14.2. The highest BCUT2D eigenvalue weighted by Gasteiger charge is 2.35. The fraction of sp³-hybridized carbons (Fsp3) is 0.235. The lowest BCUT2D eigenvalue weighted by molar-refractivity contribution is -0.155. The van der Waals surface area contributed by atoms with Crippen molar-refractivity contribution in [1.29, 1.82) is 0 Å². The van der Waals surface area contributed by atoms with Crippen LogP contribution < -0.4 is 9.47 Å². The smallest absolute Gasteiger partial charge is 0.392 e. The lowest BCUT2D eigenvalue weighted by Crippen LogP contribution is -2.20. The van der Waals surface area contributed by atoms with E-state index in [-0.39, 0.29) is 17.9 Å². The maximum absolute atomic E-state index is 12.9. The van der Waals surface area contributed by atoms with Gasteiger partial charge in [0.05, 0.1) is 12.0 Å². The fourth-order valence-electron chi connectivity index (χ4n) is 2.37. The summed E-state index contributed by atoms with van der Waals surface area (Å²) in [6, 6.07) is 10.9. The molecule has 0 fully saturated rings. The molecular weight excluding hydrogens is 452 g/mol. The maximum atomic E-state index is 12.9. The quantitative estimate of drug-likeness (QED) is 0.479. The van der Waals surface area contributed by atoms with Crippen molar-refractivity contribution in [3.63, 3.8) is 0 Å². The van der Waals surface area contributed by atoms with Crippen LogP contribution in [0.15, 0.2) is 42.5 Å². The molecule has 2 aromatic rings. The lowest BCUT2D eigenvalue weighted by Gasteiger charge is -2.20. The number of hydrogen-bond acceptors (Lipinski definition) is 4. The zero-order valence-electron chi connectivity index (χ0n) is 12.7. The molecule has 4 nitrogen and oxygen atoms in total. The van der Waals surface area contributed by atoms with E-state index in [0.29, 0.717) is 15.1 Å². The number of fused-ring (bicyclic) bond motifs is 1. The summed E-state index contributed by atoms with van der Waals surface area (Å²) in [5.41, 5.74) is 0.414. The molecule has 0 aromatic heterocycles. The maximum Gasteiger partial charge on any atom is 0.392 e. The molecule has 25 heavy (non-hydrogen) atoms. The van der Waals surface area contributed by atoms with Crippen molar-refractivity contribution in [1.82, 2.24) is 0 Å². The van der Waals surface area contributed by atoms with Crippen LogP contribution in [-0.4, -0.2) is 18.9 Å². The summed E-state index contributed by atoms with van der Waals surface area (Å²) in [4.78, 5) is 12.3. The first-order valence-electron chi connectivity index (χ1n) is 7.25. The Morgan fingerprint density at radius 2 is 1.88 bits per heavy atom. The molecule has 1 aliphatic heterocycles. The van der Waals surface area contributed by atoms with Gasteiger partial charge >= 0.3 is 12.1 Å². The van der Waals surface area contributed by atoms with Crippen LogP contribution in [0.3, 0.4) is 0 Å². The van der Waals surface area contributed by atoms with Crippen LogP contribution in [0.5, 0.6) is 11.5 Å². The summed E-state index contributed by atoms with van der Waals surface area (Å²) >= 11 is 1.93. The average Bonchev–Trinajstić information content (AvgIpc) is 3.00. The van der Waals surface area contributed by atoms with Crippen LogP contribution >= 0.6 is 22.6 Å². The van der Waals surface area contributed by atoms with E-state index in [1.807, 2.05) is 22.6 Å². The monoisotopic (exact) mass is 464 g/mol. The van der Waals surface area contributed by atoms with Gasteiger partial charge in [-0.1, -0.05) is 18.2 Å². The number of carbonyl (C=O) groups is 1. The van der Waals surface area contributed by atoms with Crippen LogP contribution in [0.4, 0.5) is 13.2 Å². The van der Waals surface area contributed by atoms with Gasteiger partial charge in [0.25, 0.3) is 0 Å². The molecule has 0 saturated heterocycles. The van der Waals surface area contributed by atoms with E-state index in [2.05, 4.69) is 0 Å². The first-order chi connectivity index (χ1) is 11.8. The average molecular weight is 464 g/mol. The predicted octanol–water partition coefficient (Wildman–Crippen LogP) is 4.87. The molecule has 3 rings (SSSR count). The highest BCUT2D eigenvalue weighted by Crippen LogP contribution is 2.38. The van der Waals surface area contributed by atoms with Crippen LogP contribution in [0.25, 0.3) is 0 Å². The van der Waals surface area contributed by atoms with Crippen LogP contribution in [0.1, 0.15) is 28.4 Å². The SMILES string of the molecule is O=C(OC(CC(F)(F)F)c1ccc2c(c1)OCO2)c1ccccc1I. The second-order valence-corrected chi connectivity index (χ2v) is 6.47. The van der Waals surface area contributed by atoms with Gasteiger partial charge < -0.3 is 14.2 Å². The Bertz CT molecular complexity index is 792. The van der Waals surface area contributed by atoms with Crippen molar-refractivity contribution >= 4 is 28.6 Å². The van der Waals surface area contributed by atoms with E-state index >= 15 is 0 Å². The Morgan fingerprint density at radius 1 is 1.16 bits per heavy atom. The number of esters is 1. The minimum Gasteiger partial charge on any atom is -0.454 e. The van der Waals surface area contributed by atoms with Crippen molar-refractivity contribution in [2.45, 2.75) is 18.7 Å². The van der Waals surface area contributed by atoms with Gasteiger partial charge in [-0.15, -0.1) is 0 Å². The number of hydrogen-bond donors (Lipinski definition) is 0. The van der Waals surface area contributed by atoms with E-state index < -0.39 is 24.7 Å². The largest absolute Gasteiger partial charge is 0.454 e. The predicted molar refractivity (Wildman–Crippen MR) is 90.6 cm³/mol. The second-order valence-electron chi connectivity index (χ2n) is 5.31. The van der Waals surface area contributed by atoms with E-state index in [4.69, 9.17) is 14.2 Å². The molecule has 0 N–H and O–H groups in total. The molecule has 1 aliphatic rings. The van der Waals surface area contributed by atoms with Gasteiger partial charge in [0.2, 0.25) is 6.79 Å². The summed E-state index contributed by atoms with van der Waals surface area (Å²) in [6.07, 6.45) is -7.26. The molecule has 1 heterocycles. The molecule has 0 amide bonds. The molecule has 8 heteroatoms. The van der Waals surface area contributed by atoms with E-state index in [1.54, 1.807) is 18.2 Å². The molecule has 0 saturated carbocycles. The summed E-state index contributed by atoms with van der Waals surface area (Å²) in [7, 11) is 0. The highest BCUT2D eigenvalue weighted by atomic mass is 127. The van der Waals surface area contributed by atoms with Gasteiger partial charge in [-0.3, -0.25) is 0 Å². The Balaban J connectivity index is 1.87. The Labute approximate surface area is 155 Å². The molecular formula is C17H12F3IO4. The molecule has 0 spiro atoms. The van der Waals surface area contributed by atoms with Crippen LogP contribution in [-0.2, 0) is 4.74 Å². The summed E-state index contributed by atoms with van der Waals surface area (Å²) in [6.45, 7) is 0.00468. The zero-order valence-corrected chi connectivity index (χ0v) is 14.8. The minimum atomic E-state index is -4.49. The number of alkyl halides is 3. The second kappa shape index (κ2) is 7.11. The van der Waals surface area contributed by atoms with Gasteiger partial charge in [-0.05, 0) is 52.4 Å². The molecule has 132 valence electrons. The molecule has 0 aliphatic carbocycles. The number of ether oxygens (including phenoxy) is 3. The fourth-order valence-corrected chi connectivity index (χ4v) is 2.98. The van der Waals surface area contributed by atoms with Gasteiger partial charge in [-0.2, -0.15) is 13.2 Å². The summed E-state index contributed by atoms with van der Waals surface area (Å²) < 4.78 is 55.0. The highest BCUT2D eigenvalue weighted by molar-refractivity contribution is 14.1. The zero-order chi connectivity index (χ0) is 18.0. The third kappa shape index (κ3) is 4.36. The molecule has 2 aromatic carbocycles. The van der Waals surface area contributed by atoms with Crippen molar-refractivity contribution in [3.8, 4) is 11.5 Å². The minimum absolute atomic E-state index is 0.00468. The van der Waals surface area contributed by atoms with E-state index in [0.717, 1.165) is 0 Å². The molecule has 1 atom stereocenters. The third-order valence-corrected chi connectivity index (χ3v) is 4.47. The van der Waals surface area contributed by atoms with Crippen LogP contribution in [0, 0.1) is 3.57 Å². The topological polar surface area (TPSA) is 44.8 Å². The first-order valence-corrected chi connectivity index (χ1v) is 8.33. The number of halogens is 4. The van der Waals surface area contributed by atoms with Crippen molar-refractivity contribution in [2.24, 2.45) is 0 Å². The number of carbonyl (C=O) groups excluding carboxylic acids is 1. The summed E-state index contributed by atoms with van der Waals surface area (Å²) in [5.74, 6) is -0.0367. The summed E-state index contributed by atoms with van der Waals surface area (Å²) in [5, 5.41) is 0. The van der Waals surface area contributed by atoms with Crippen molar-refractivity contribution < 1.29 is 32.2 Å². The number of benzene rings is 2. The van der Waals surface area contributed by atoms with Gasteiger partial charge in [0.15, 0.2) is 11.5 Å². The van der Waals surface area contributed by atoms with Crippen molar-refractivity contribution in [3.05, 3.63) is 57.2 Å². The molecule has 1 unspecified atom stereocenters. The van der Waals surface area contributed by atoms with Gasteiger partial charge in [0.1, 0.15) is 6.10 Å². The lowest BCUT2D eigenvalue weighted by atomic mass is 10.1. The third-order valence-electron chi connectivity index (χ3n) is 3.53. The van der Waals surface area contributed by atoms with Crippen LogP contribution in [0.2, 0.25) is 0 Å². The Kier molecular flexibility index (Phi) is 5.07. The van der Waals surface area contributed by atoms with Gasteiger partial charge in [0, 0.05) is 3.57 Å². The standard InChI is InChI=1S/C17H12F3IO4/c18-17(19,20)8-15(10-5-6-13-14(7-10)24-9-23-13)25-16(22)11-3-1-2-4-12(11)21/h1-7,15H,8-9H2. The van der Waals surface area contributed by atoms with E-state index in [1.165, 1.54) is 24.3 Å². The number of rotatable bonds is 4.